The second-order valence-electron chi connectivity index (χ2n) is 5.24. The van der Waals surface area contributed by atoms with Gasteiger partial charge in [0.1, 0.15) is 0 Å². The molecule has 2 aliphatic carbocycles. The molecule has 2 N–H and O–H groups in total. The predicted octanol–water partition coefficient (Wildman–Crippen LogP) is 2.80. The lowest BCUT2D eigenvalue weighted by molar-refractivity contribution is 0.00438. The predicted molar refractivity (Wildman–Crippen MR) is 52.2 cm³/mol. The van der Waals surface area contributed by atoms with E-state index in [4.69, 9.17) is 5.73 Å². The molecule has 14 heavy (non-hydrogen) atoms. The minimum atomic E-state index is -2.40. The summed E-state index contributed by atoms with van der Waals surface area (Å²) in [6, 6.07) is 0.170. The van der Waals surface area contributed by atoms with E-state index in [0.29, 0.717) is 12.3 Å². The van der Waals surface area contributed by atoms with E-state index in [1.165, 1.54) is 6.42 Å². The Balaban J connectivity index is 1.76. The van der Waals surface area contributed by atoms with Gasteiger partial charge in [-0.25, -0.2) is 8.78 Å². The number of nitrogens with two attached hydrogens (primary N) is 1. The molecule has 0 aromatic carbocycles. The molecule has 2 saturated carbocycles. The van der Waals surface area contributed by atoms with Gasteiger partial charge in [0.2, 0.25) is 5.92 Å². The minimum absolute atomic E-state index is 0.0712. The van der Waals surface area contributed by atoms with Gasteiger partial charge in [-0.05, 0) is 37.0 Å². The second-order valence-corrected chi connectivity index (χ2v) is 5.24. The van der Waals surface area contributed by atoms with Crippen LogP contribution in [0.2, 0.25) is 0 Å². The molecule has 0 radical (unpaired) electrons. The highest BCUT2D eigenvalue weighted by Crippen LogP contribution is 2.45. The molecule has 4 unspecified atom stereocenters. The van der Waals surface area contributed by atoms with Gasteiger partial charge < -0.3 is 5.73 Å². The third-order valence-corrected chi connectivity index (χ3v) is 3.83. The van der Waals surface area contributed by atoms with Crippen molar-refractivity contribution in [2.75, 3.05) is 0 Å². The number of hydrogen-bond acceptors (Lipinski definition) is 1. The molecular weight excluding hydrogens is 184 g/mol. The van der Waals surface area contributed by atoms with Gasteiger partial charge in [0, 0.05) is 18.9 Å². The molecule has 0 heterocycles. The molecule has 3 heteroatoms. The fraction of sp³-hybridized carbons (Fsp3) is 1.00. The molecule has 0 amide bonds. The van der Waals surface area contributed by atoms with E-state index in [9.17, 15) is 8.78 Å². The average molecular weight is 203 g/mol. The van der Waals surface area contributed by atoms with Crippen LogP contribution in [0.25, 0.3) is 0 Å². The highest BCUT2D eigenvalue weighted by Gasteiger charge is 2.43. The van der Waals surface area contributed by atoms with Crippen molar-refractivity contribution in [1.29, 1.82) is 0 Å². The van der Waals surface area contributed by atoms with E-state index in [0.717, 1.165) is 12.3 Å². The quantitative estimate of drug-likeness (QED) is 0.750. The lowest BCUT2D eigenvalue weighted by Gasteiger charge is -2.16. The number of hydrogen-bond donors (Lipinski definition) is 1. The number of halogens is 2. The molecule has 2 rings (SSSR count). The second kappa shape index (κ2) is 3.44. The van der Waals surface area contributed by atoms with Crippen molar-refractivity contribution in [2.45, 2.75) is 51.0 Å². The standard InChI is InChI=1S/C11H19F2N/c1-7-4-9(7)10(14)5-8-2-3-11(12,13)6-8/h7-10H,2-6,14H2,1H3. The van der Waals surface area contributed by atoms with E-state index in [-0.39, 0.29) is 24.8 Å². The van der Waals surface area contributed by atoms with Crippen molar-refractivity contribution in [3.63, 3.8) is 0 Å². The van der Waals surface area contributed by atoms with Gasteiger partial charge >= 0.3 is 0 Å². The third-order valence-electron chi connectivity index (χ3n) is 3.83. The van der Waals surface area contributed by atoms with Crippen molar-refractivity contribution >= 4 is 0 Å². The first-order valence-corrected chi connectivity index (χ1v) is 5.61. The summed E-state index contributed by atoms with van der Waals surface area (Å²) in [6.07, 6.45) is 2.82. The number of rotatable bonds is 3. The summed E-state index contributed by atoms with van der Waals surface area (Å²) in [4.78, 5) is 0. The third kappa shape index (κ3) is 2.25. The monoisotopic (exact) mass is 203 g/mol. The summed E-state index contributed by atoms with van der Waals surface area (Å²) in [5.41, 5.74) is 5.99. The zero-order chi connectivity index (χ0) is 10.3. The van der Waals surface area contributed by atoms with Gasteiger partial charge in [0.05, 0.1) is 0 Å². The van der Waals surface area contributed by atoms with Crippen LogP contribution in [0.15, 0.2) is 0 Å². The smallest absolute Gasteiger partial charge is 0.248 e. The summed E-state index contributed by atoms with van der Waals surface area (Å²) in [5, 5.41) is 0. The molecule has 2 aliphatic rings. The lowest BCUT2D eigenvalue weighted by atomic mass is 9.95. The van der Waals surface area contributed by atoms with Gasteiger partial charge in [0.15, 0.2) is 0 Å². The zero-order valence-electron chi connectivity index (χ0n) is 8.68. The molecule has 0 saturated heterocycles. The highest BCUT2D eigenvalue weighted by molar-refractivity contribution is 4.93. The zero-order valence-corrected chi connectivity index (χ0v) is 8.68. The van der Waals surface area contributed by atoms with Gasteiger partial charge in [-0.3, -0.25) is 0 Å². The largest absolute Gasteiger partial charge is 0.327 e. The molecule has 82 valence electrons. The van der Waals surface area contributed by atoms with Crippen LogP contribution in [0.1, 0.15) is 39.0 Å². The van der Waals surface area contributed by atoms with Crippen LogP contribution < -0.4 is 5.73 Å². The molecule has 0 aliphatic heterocycles. The van der Waals surface area contributed by atoms with Crippen molar-refractivity contribution in [2.24, 2.45) is 23.5 Å². The van der Waals surface area contributed by atoms with Crippen LogP contribution >= 0.6 is 0 Å². The Morgan fingerprint density at radius 3 is 2.57 bits per heavy atom. The van der Waals surface area contributed by atoms with Crippen molar-refractivity contribution in [3.8, 4) is 0 Å². The van der Waals surface area contributed by atoms with Crippen LogP contribution in [0, 0.1) is 17.8 Å². The molecule has 2 fully saturated rings. The Morgan fingerprint density at radius 1 is 1.50 bits per heavy atom. The highest BCUT2D eigenvalue weighted by atomic mass is 19.3. The van der Waals surface area contributed by atoms with Gasteiger partial charge in [0.25, 0.3) is 0 Å². The summed E-state index contributed by atoms with van der Waals surface area (Å²) in [6.45, 7) is 2.19. The maximum Gasteiger partial charge on any atom is 0.248 e. The molecule has 0 aromatic rings. The van der Waals surface area contributed by atoms with Gasteiger partial charge in [-0.15, -0.1) is 0 Å². The molecule has 0 bridgehead atoms. The fourth-order valence-electron chi connectivity index (χ4n) is 2.75. The van der Waals surface area contributed by atoms with Gasteiger partial charge in [-0.2, -0.15) is 0 Å². The molecule has 4 atom stereocenters. The SMILES string of the molecule is CC1CC1C(N)CC1CCC(F)(F)C1. The summed E-state index contributed by atoms with van der Waals surface area (Å²) < 4.78 is 25.8. The Labute approximate surface area is 84.0 Å². The molecule has 0 spiro atoms. The normalized spacial score (nSPS) is 42.4. The lowest BCUT2D eigenvalue weighted by Crippen LogP contribution is -2.26. The Bertz CT molecular complexity index is 217. The number of alkyl halides is 2. The summed E-state index contributed by atoms with van der Waals surface area (Å²) in [5.74, 6) is -0.886. The van der Waals surface area contributed by atoms with Crippen molar-refractivity contribution < 1.29 is 8.78 Å². The topological polar surface area (TPSA) is 26.0 Å². The van der Waals surface area contributed by atoms with E-state index < -0.39 is 5.92 Å². The average Bonchev–Trinajstić information content (AvgIpc) is 2.69. The van der Waals surface area contributed by atoms with Crippen LogP contribution in [-0.4, -0.2) is 12.0 Å². The molecule has 1 nitrogen and oxygen atoms in total. The molecule has 0 aromatic heterocycles. The first-order chi connectivity index (χ1) is 6.48. The van der Waals surface area contributed by atoms with Crippen molar-refractivity contribution in [3.05, 3.63) is 0 Å². The summed E-state index contributed by atoms with van der Waals surface area (Å²) >= 11 is 0. The van der Waals surface area contributed by atoms with Crippen LogP contribution in [0.3, 0.4) is 0 Å². The van der Waals surface area contributed by atoms with Crippen molar-refractivity contribution in [1.82, 2.24) is 0 Å². The van der Waals surface area contributed by atoms with Crippen LogP contribution in [0.4, 0.5) is 8.78 Å². The van der Waals surface area contributed by atoms with E-state index in [1.807, 2.05) is 0 Å². The Kier molecular flexibility index (Phi) is 2.54. The Morgan fingerprint density at radius 2 is 2.14 bits per heavy atom. The summed E-state index contributed by atoms with van der Waals surface area (Å²) in [7, 11) is 0. The Hall–Kier alpha value is -0.180. The van der Waals surface area contributed by atoms with E-state index in [2.05, 4.69) is 6.92 Å². The first-order valence-electron chi connectivity index (χ1n) is 5.61. The minimum Gasteiger partial charge on any atom is -0.327 e. The molecular formula is C11H19F2N. The van der Waals surface area contributed by atoms with Crippen LogP contribution in [-0.2, 0) is 0 Å². The van der Waals surface area contributed by atoms with Crippen LogP contribution in [0.5, 0.6) is 0 Å². The fourth-order valence-corrected chi connectivity index (χ4v) is 2.75. The van der Waals surface area contributed by atoms with E-state index >= 15 is 0 Å². The van der Waals surface area contributed by atoms with Gasteiger partial charge in [-0.1, -0.05) is 6.92 Å². The maximum atomic E-state index is 12.9. The first kappa shape index (κ1) is 10.3. The maximum absolute atomic E-state index is 12.9. The van der Waals surface area contributed by atoms with E-state index in [1.54, 1.807) is 0 Å².